The van der Waals surface area contributed by atoms with Crippen LogP contribution in [-0.4, -0.2) is 42.1 Å². The smallest absolute Gasteiger partial charge is 0.344 e. The average molecular weight is 368 g/mol. The normalized spacial score (nSPS) is 25.0. The third kappa shape index (κ3) is 5.09. The second kappa shape index (κ2) is 10.4. The van der Waals surface area contributed by atoms with Crippen molar-refractivity contribution < 1.29 is 28.3 Å². The lowest BCUT2D eigenvalue weighted by atomic mass is 9.73. The van der Waals surface area contributed by atoms with Crippen molar-refractivity contribution in [2.75, 3.05) is 26.1 Å². The molecular formula is C22H31NO3. The summed E-state index contributed by atoms with van der Waals surface area (Å²) in [7, 11) is 0. The number of hydrogen-bond acceptors (Lipinski definition) is 4. The number of benzene rings is 1. The fraction of sp³-hybridized carbons (Fsp3) is 0.591. The van der Waals surface area contributed by atoms with Crippen molar-refractivity contribution in [2.24, 2.45) is 5.92 Å². The van der Waals surface area contributed by atoms with Gasteiger partial charge in [0.25, 0.3) is 0 Å². The number of ether oxygens (including phenoxy) is 1. The van der Waals surface area contributed by atoms with Crippen LogP contribution in [0.5, 0.6) is 0 Å². The second-order valence-electron chi connectivity index (χ2n) is 6.18. The summed E-state index contributed by atoms with van der Waals surface area (Å²) in [6, 6.07) is 8.04. The van der Waals surface area contributed by atoms with Crippen molar-refractivity contribution in [3.8, 4) is 11.8 Å². The third-order valence-electron chi connectivity index (χ3n) is 4.57. The lowest BCUT2D eigenvalue weighted by molar-refractivity contribution is -0.174. The van der Waals surface area contributed by atoms with Crippen molar-refractivity contribution in [1.29, 1.82) is 0 Å². The molecule has 1 aliphatic carbocycles. The summed E-state index contributed by atoms with van der Waals surface area (Å²) in [5.74, 6) is 1.95. The minimum Gasteiger partial charge on any atom is -0.450 e. The molecule has 1 atom stereocenters. The maximum Gasteiger partial charge on any atom is 0.344 e. The van der Waals surface area contributed by atoms with Crippen LogP contribution >= 0.6 is 0 Å². The Bertz CT molecular complexity index is 931. The van der Waals surface area contributed by atoms with Gasteiger partial charge in [0.05, 0.1) is 12.0 Å². The van der Waals surface area contributed by atoms with Crippen molar-refractivity contribution in [2.45, 2.75) is 51.4 Å². The fourth-order valence-electron chi connectivity index (χ4n) is 3.15. The SMILES string of the molecule is [2H]C([2H])([2H])CN(CC([2H])([2H])[2H])C([2H])([2H])C#CC([2H])([2H])OC(=O)C(O)(c1ccccc1)C1CCCCC1. The molecule has 0 bridgehead atoms. The summed E-state index contributed by atoms with van der Waals surface area (Å²) in [5, 5.41) is 11.5. The molecule has 0 radical (unpaired) electrons. The van der Waals surface area contributed by atoms with Gasteiger partial charge in [-0.1, -0.05) is 75.1 Å². The van der Waals surface area contributed by atoms with Crippen LogP contribution in [0.15, 0.2) is 30.3 Å². The van der Waals surface area contributed by atoms with E-state index in [1.54, 1.807) is 18.2 Å². The summed E-state index contributed by atoms with van der Waals surface area (Å²) in [6.07, 6.45) is 3.56. The first-order chi connectivity index (χ1) is 16.4. The standard InChI is InChI=1S/C22H31NO3/c1-3-23(4-2)17-11-12-18-26-21(24)22(25,19-13-7-5-8-14-19)20-15-9-6-10-16-20/h5,7-8,13-14,20,25H,3-4,6,9-10,15-18H2,1-2H3/i1D3,2D3,17D2,18D2. The lowest BCUT2D eigenvalue weighted by Gasteiger charge is -2.36. The molecule has 0 saturated heterocycles. The molecule has 0 spiro atoms. The number of esters is 1. The van der Waals surface area contributed by atoms with Crippen molar-refractivity contribution in [3.05, 3.63) is 35.9 Å². The van der Waals surface area contributed by atoms with Crippen LogP contribution in [0, 0.1) is 17.8 Å². The van der Waals surface area contributed by atoms with Crippen LogP contribution in [0.1, 0.15) is 65.1 Å². The van der Waals surface area contributed by atoms with E-state index < -0.39 is 57.3 Å². The van der Waals surface area contributed by atoms with Gasteiger partial charge in [0.2, 0.25) is 0 Å². The number of hydrogen-bond donors (Lipinski definition) is 1. The average Bonchev–Trinajstić information content (AvgIpc) is 2.76. The Kier molecular flexibility index (Phi) is 4.18. The van der Waals surface area contributed by atoms with E-state index in [1.165, 1.54) is 12.1 Å². The van der Waals surface area contributed by atoms with Crippen LogP contribution in [-0.2, 0) is 15.1 Å². The Labute approximate surface area is 171 Å². The minimum atomic E-state index is -3.06. The zero-order valence-electron chi connectivity index (χ0n) is 24.6. The highest BCUT2D eigenvalue weighted by Gasteiger charge is 2.46. The summed E-state index contributed by atoms with van der Waals surface area (Å²) in [6.45, 7) is -13.3. The molecule has 4 heteroatoms. The highest BCUT2D eigenvalue weighted by Crippen LogP contribution is 2.40. The van der Waals surface area contributed by atoms with E-state index in [0.717, 1.165) is 19.3 Å². The molecule has 2 rings (SSSR count). The minimum absolute atomic E-state index is 0.238. The summed E-state index contributed by atoms with van der Waals surface area (Å²) in [4.78, 5) is 13.7. The van der Waals surface area contributed by atoms with Gasteiger partial charge in [-0.3, -0.25) is 4.90 Å². The van der Waals surface area contributed by atoms with Gasteiger partial charge in [-0.05, 0) is 31.5 Å². The Hall–Kier alpha value is -1.83. The molecule has 142 valence electrons. The summed E-state index contributed by atoms with van der Waals surface area (Å²) in [5.41, 5.74) is -1.91. The first-order valence-electron chi connectivity index (χ1n) is 13.7. The molecule has 4 nitrogen and oxygen atoms in total. The number of carbonyl (C=O) groups excluding carboxylic acids is 1. The van der Waals surface area contributed by atoms with Gasteiger partial charge in [-0.25, -0.2) is 4.79 Å². The Morgan fingerprint density at radius 2 is 1.96 bits per heavy atom. The van der Waals surface area contributed by atoms with Crippen LogP contribution < -0.4 is 0 Å². The first kappa shape index (κ1) is 10.5. The number of aliphatic hydroxyl groups is 1. The van der Waals surface area contributed by atoms with E-state index in [0.29, 0.717) is 17.7 Å². The highest BCUT2D eigenvalue weighted by atomic mass is 16.5. The zero-order chi connectivity index (χ0) is 27.4. The van der Waals surface area contributed by atoms with E-state index in [2.05, 4.69) is 0 Å². The predicted molar refractivity (Wildman–Crippen MR) is 103 cm³/mol. The topological polar surface area (TPSA) is 49.8 Å². The molecule has 1 aromatic rings. The van der Waals surface area contributed by atoms with Gasteiger partial charge in [0, 0.05) is 14.1 Å². The first-order valence-corrected chi connectivity index (χ1v) is 8.67. The molecule has 26 heavy (non-hydrogen) atoms. The molecule has 1 fully saturated rings. The highest BCUT2D eigenvalue weighted by molar-refractivity contribution is 5.81. The monoisotopic (exact) mass is 367 g/mol. The maximum absolute atomic E-state index is 13.2. The summed E-state index contributed by atoms with van der Waals surface area (Å²) < 4.78 is 81.4. The lowest BCUT2D eigenvalue weighted by Crippen LogP contribution is -2.45. The van der Waals surface area contributed by atoms with Crippen LogP contribution in [0.3, 0.4) is 0 Å². The van der Waals surface area contributed by atoms with E-state index in [4.69, 9.17) is 18.4 Å². The second-order valence-corrected chi connectivity index (χ2v) is 6.18. The van der Waals surface area contributed by atoms with Gasteiger partial charge in [0.15, 0.2) is 12.2 Å². The molecule has 1 aromatic carbocycles. The Morgan fingerprint density at radius 3 is 2.62 bits per heavy atom. The zero-order valence-corrected chi connectivity index (χ0v) is 14.6. The van der Waals surface area contributed by atoms with Gasteiger partial charge >= 0.3 is 5.97 Å². The van der Waals surface area contributed by atoms with E-state index >= 15 is 0 Å². The van der Waals surface area contributed by atoms with Gasteiger partial charge in [0.1, 0.15) is 0 Å². The van der Waals surface area contributed by atoms with Crippen LogP contribution in [0.2, 0.25) is 0 Å². The molecule has 1 unspecified atom stereocenters. The number of rotatable bonds is 7. The molecule has 0 aliphatic heterocycles. The van der Waals surface area contributed by atoms with Gasteiger partial charge < -0.3 is 9.84 Å². The summed E-state index contributed by atoms with van der Waals surface area (Å²) >= 11 is 0. The maximum atomic E-state index is 13.2. The molecule has 1 N–H and O–H groups in total. The van der Waals surface area contributed by atoms with Gasteiger partial charge in [-0.2, -0.15) is 0 Å². The molecule has 0 heterocycles. The van der Waals surface area contributed by atoms with Gasteiger partial charge in [-0.15, -0.1) is 0 Å². The Balaban J connectivity index is 2.33. The molecule has 1 aliphatic rings. The predicted octanol–water partition coefficient (Wildman–Crippen LogP) is 3.34. The van der Waals surface area contributed by atoms with Crippen LogP contribution in [0.4, 0.5) is 0 Å². The molecular weight excluding hydrogens is 326 g/mol. The molecule has 0 aromatic heterocycles. The van der Waals surface area contributed by atoms with E-state index in [-0.39, 0.29) is 5.56 Å². The molecule has 0 amide bonds. The van der Waals surface area contributed by atoms with Crippen molar-refractivity contribution >= 4 is 5.97 Å². The quantitative estimate of drug-likeness (QED) is 0.593. The van der Waals surface area contributed by atoms with Crippen molar-refractivity contribution in [3.63, 3.8) is 0 Å². The fourth-order valence-corrected chi connectivity index (χ4v) is 3.15. The van der Waals surface area contributed by atoms with E-state index in [1.807, 2.05) is 11.8 Å². The Morgan fingerprint density at radius 1 is 1.27 bits per heavy atom. The van der Waals surface area contributed by atoms with E-state index in [9.17, 15) is 9.90 Å². The van der Waals surface area contributed by atoms with Crippen molar-refractivity contribution in [1.82, 2.24) is 4.90 Å². The number of carbonyl (C=O) groups is 1. The largest absolute Gasteiger partial charge is 0.450 e. The number of nitrogens with zero attached hydrogens (tertiary/aromatic N) is 1. The van der Waals surface area contributed by atoms with Crippen LogP contribution in [0.25, 0.3) is 0 Å². The third-order valence-corrected chi connectivity index (χ3v) is 4.57. The molecule has 1 saturated carbocycles.